The van der Waals surface area contributed by atoms with Crippen molar-refractivity contribution in [2.75, 3.05) is 13.2 Å². The van der Waals surface area contributed by atoms with Gasteiger partial charge < -0.3 is 15.7 Å². The Balaban J connectivity index is 2.40. The van der Waals surface area contributed by atoms with E-state index in [1.807, 2.05) is 13.8 Å². The van der Waals surface area contributed by atoms with Crippen molar-refractivity contribution in [3.8, 4) is 0 Å². The first-order chi connectivity index (χ1) is 6.69. The number of amides is 1. The maximum Gasteiger partial charge on any atom is 0.225 e. The number of carbonyl (C=O) groups excluding carboxylic acids is 1. The number of nitrogens with one attached hydrogen (secondary N) is 2. The summed E-state index contributed by atoms with van der Waals surface area (Å²) in [6.07, 6.45) is 1.67. The van der Waals surface area contributed by atoms with Crippen LogP contribution in [0.1, 0.15) is 26.7 Å². The Morgan fingerprint density at radius 3 is 2.86 bits per heavy atom. The van der Waals surface area contributed by atoms with E-state index in [2.05, 4.69) is 10.6 Å². The topological polar surface area (TPSA) is 61.4 Å². The fourth-order valence-electron chi connectivity index (χ4n) is 1.80. The van der Waals surface area contributed by atoms with Gasteiger partial charge in [0.25, 0.3) is 0 Å². The lowest BCUT2D eigenvalue weighted by atomic mass is 10.0. The van der Waals surface area contributed by atoms with Crippen LogP contribution in [0.25, 0.3) is 0 Å². The lowest BCUT2D eigenvalue weighted by Gasteiger charge is -2.19. The average Bonchev–Trinajstić information content (AvgIpc) is 2.60. The van der Waals surface area contributed by atoms with Crippen LogP contribution in [0.5, 0.6) is 0 Å². The zero-order chi connectivity index (χ0) is 10.6. The zero-order valence-corrected chi connectivity index (χ0v) is 8.92. The maximum absolute atomic E-state index is 11.7. The Morgan fingerprint density at radius 1 is 1.71 bits per heavy atom. The second-order valence-corrected chi connectivity index (χ2v) is 3.93. The van der Waals surface area contributed by atoms with Crippen molar-refractivity contribution in [2.24, 2.45) is 5.92 Å². The molecule has 2 unspecified atom stereocenters. The molecule has 1 heterocycles. The van der Waals surface area contributed by atoms with Gasteiger partial charge in [-0.25, -0.2) is 0 Å². The smallest absolute Gasteiger partial charge is 0.225 e. The second-order valence-electron chi connectivity index (χ2n) is 3.93. The molecule has 1 rings (SSSR count). The van der Waals surface area contributed by atoms with E-state index in [9.17, 15) is 4.79 Å². The first-order valence-corrected chi connectivity index (χ1v) is 5.33. The van der Waals surface area contributed by atoms with Crippen molar-refractivity contribution in [3.63, 3.8) is 0 Å². The highest BCUT2D eigenvalue weighted by molar-refractivity contribution is 5.80. The van der Waals surface area contributed by atoms with Gasteiger partial charge in [-0.1, -0.05) is 6.92 Å². The molecule has 0 radical (unpaired) electrons. The lowest BCUT2D eigenvalue weighted by Crippen LogP contribution is -2.43. The molecule has 0 aromatic carbocycles. The summed E-state index contributed by atoms with van der Waals surface area (Å²) in [6, 6.07) is 0.168. The molecule has 3 atom stereocenters. The summed E-state index contributed by atoms with van der Waals surface area (Å²) in [5.74, 6) is 0.138. The fourth-order valence-corrected chi connectivity index (χ4v) is 1.80. The summed E-state index contributed by atoms with van der Waals surface area (Å²) < 4.78 is 0. The number of rotatable bonds is 4. The normalized spacial score (nSPS) is 28.8. The Labute approximate surface area is 85.1 Å². The molecule has 3 N–H and O–H groups in total. The van der Waals surface area contributed by atoms with Crippen LogP contribution in [0.3, 0.4) is 0 Å². The van der Waals surface area contributed by atoms with Gasteiger partial charge in [0.2, 0.25) is 5.91 Å². The minimum absolute atomic E-state index is 0.0246. The van der Waals surface area contributed by atoms with Crippen molar-refractivity contribution >= 4 is 5.91 Å². The Hall–Kier alpha value is -0.610. The van der Waals surface area contributed by atoms with Crippen LogP contribution in [-0.4, -0.2) is 36.2 Å². The van der Waals surface area contributed by atoms with Gasteiger partial charge in [0.15, 0.2) is 0 Å². The van der Waals surface area contributed by atoms with Gasteiger partial charge in [-0.3, -0.25) is 4.79 Å². The van der Waals surface area contributed by atoms with Gasteiger partial charge in [-0.2, -0.15) is 0 Å². The van der Waals surface area contributed by atoms with Crippen LogP contribution < -0.4 is 10.6 Å². The molecular formula is C10H20N2O2. The quantitative estimate of drug-likeness (QED) is 0.592. The molecule has 1 fully saturated rings. The van der Waals surface area contributed by atoms with E-state index in [1.165, 1.54) is 0 Å². The third kappa shape index (κ3) is 2.69. The largest absolute Gasteiger partial charge is 0.394 e. The summed E-state index contributed by atoms with van der Waals surface area (Å²) in [5.41, 5.74) is 0. The summed E-state index contributed by atoms with van der Waals surface area (Å²) in [6.45, 7) is 4.92. The highest BCUT2D eigenvalue weighted by atomic mass is 16.3. The van der Waals surface area contributed by atoms with Crippen LogP contribution in [0.15, 0.2) is 0 Å². The minimum Gasteiger partial charge on any atom is -0.394 e. The molecule has 14 heavy (non-hydrogen) atoms. The number of carbonyl (C=O) groups is 1. The van der Waals surface area contributed by atoms with Gasteiger partial charge >= 0.3 is 0 Å². The molecule has 0 bridgehead atoms. The van der Waals surface area contributed by atoms with Gasteiger partial charge in [0.1, 0.15) is 0 Å². The molecule has 1 aliphatic heterocycles. The summed E-state index contributed by atoms with van der Waals surface area (Å²) in [4.78, 5) is 11.7. The van der Waals surface area contributed by atoms with Crippen LogP contribution in [-0.2, 0) is 4.79 Å². The van der Waals surface area contributed by atoms with Gasteiger partial charge in [0, 0.05) is 6.04 Å². The van der Waals surface area contributed by atoms with E-state index in [-0.39, 0.29) is 30.5 Å². The van der Waals surface area contributed by atoms with Crippen molar-refractivity contribution in [3.05, 3.63) is 0 Å². The van der Waals surface area contributed by atoms with Gasteiger partial charge in [-0.15, -0.1) is 0 Å². The molecular weight excluding hydrogens is 180 g/mol. The van der Waals surface area contributed by atoms with Crippen molar-refractivity contribution in [2.45, 2.75) is 38.8 Å². The maximum atomic E-state index is 11.7. The van der Waals surface area contributed by atoms with Crippen LogP contribution in [0.2, 0.25) is 0 Å². The minimum atomic E-state index is -0.0877. The number of aliphatic hydroxyl groups excluding tert-OH is 1. The molecule has 0 aliphatic carbocycles. The van der Waals surface area contributed by atoms with Crippen molar-refractivity contribution in [1.82, 2.24) is 10.6 Å². The molecule has 0 aromatic rings. The Morgan fingerprint density at radius 2 is 2.43 bits per heavy atom. The Bertz CT molecular complexity index is 193. The zero-order valence-electron chi connectivity index (χ0n) is 8.92. The molecule has 1 aliphatic rings. The summed E-state index contributed by atoms with van der Waals surface area (Å²) >= 11 is 0. The van der Waals surface area contributed by atoms with E-state index in [1.54, 1.807) is 0 Å². The molecule has 0 spiro atoms. The fraction of sp³-hybridized carbons (Fsp3) is 0.900. The van der Waals surface area contributed by atoms with Gasteiger partial charge in [-0.05, 0) is 26.3 Å². The highest BCUT2D eigenvalue weighted by Gasteiger charge is 2.29. The molecule has 82 valence electrons. The second kappa shape index (κ2) is 5.32. The molecule has 0 aromatic heterocycles. The molecule has 1 amide bonds. The average molecular weight is 200 g/mol. The standard InChI is InChI=1S/C10H20N2O2/c1-3-8(6-13)12-10(14)9-4-5-11-7(9)2/h7-9,11,13H,3-6H2,1-2H3,(H,12,14)/t7?,8-,9?/m0/s1. The third-order valence-corrected chi connectivity index (χ3v) is 2.92. The highest BCUT2D eigenvalue weighted by Crippen LogP contribution is 2.15. The SMILES string of the molecule is CC[C@@H](CO)NC(=O)C1CCNC1C. The first-order valence-electron chi connectivity index (χ1n) is 5.33. The van der Waals surface area contributed by atoms with Crippen molar-refractivity contribution in [1.29, 1.82) is 0 Å². The first kappa shape index (κ1) is 11.5. The van der Waals surface area contributed by atoms with Gasteiger partial charge in [0.05, 0.1) is 18.6 Å². The summed E-state index contributed by atoms with van der Waals surface area (Å²) in [7, 11) is 0. The van der Waals surface area contributed by atoms with Crippen LogP contribution in [0.4, 0.5) is 0 Å². The van der Waals surface area contributed by atoms with E-state index >= 15 is 0 Å². The van der Waals surface area contributed by atoms with Crippen molar-refractivity contribution < 1.29 is 9.90 Å². The molecule has 1 saturated heterocycles. The van der Waals surface area contributed by atoms with Crippen LogP contribution in [0, 0.1) is 5.92 Å². The third-order valence-electron chi connectivity index (χ3n) is 2.92. The van der Waals surface area contributed by atoms with E-state index in [0.29, 0.717) is 0 Å². The van der Waals surface area contributed by atoms with E-state index in [4.69, 9.17) is 5.11 Å². The predicted octanol–water partition coefficient (Wildman–Crippen LogP) is -0.128. The number of aliphatic hydroxyl groups is 1. The molecule has 4 nitrogen and oxygen atoms in total. The van der Waals surface area contributed by atoms with E-state index < -0.39 is 0 Å². The number of hydrogen-bond acceptors (Lipinski definition) is 3. The number of hydrogen-bond donors (Lipinski definition) is 3. The van der Waals surface area contributed by atoms with Crippen LogP contribution >= 0.6 is 0 Å². The summed E-state index contributed by atoms with van der Waals surface area (Å²) in [5, 5.41) is 15.0. The Kier molecular flexibility index (Phi) is 4.35. The lowest BCUT2D eigenvalue weighted by molar-refractivity contribution is -0.126. The predicted molar refractivity (Wildman–Crippen MR) is 54.9 cm³/mol. The molecule has 4 heteroatoms. The van der Waals surface area contributed by atoms with E-state index in [0.717, 1.165) is 19.4 Å². The monoisotopic (exact) mass is 200 g/mol. The molecule has 0 saturated carbocycles.